The van der Waals surface area contributed by atoms with Gasteiger partial charge in [0.1, 0.15) is 0 Å². The molecule has 2 saturated heterocycles. The molecule has 3 rings (SSSR count). The molecule has 7 heteroatoms. The molecule has 0 bridgehead atoms. The minimum atomic E-state index is 0.246. The van der Waals surface area contributed by atoms with Crippen molar-refractivity contribution in [1.29, 1.82) is 0 Å². The van der Waals surface area contributed by atoms with Crippen LogP contribution >= 0.6 is 0 Å². The van der Waals surface area contributed by atoms with Crippen molar-refractivity contribution in [3.05, 3.63) is 18.2 Å². The maximum Gasteiger partial charge on any atom is 0.223 e. The molecule has 0 aliphatic carbocycles. The lowest BCUT2D eigenvalue weighted by Crippen LogP contribution is -2.53. The number of nitrogens with zero attached hydrogens (tertiary/aromatic N) is 4. The molecular weight excluding hydrogens is 306 g/mol. The molecule has 3 heterocycles. The molecule has 1 N–H and O–H groups in total. The van der Waals surface area contributed by atoms with Crippen LogP contribution in [0.15, 0.2) is 12.5 Å². The van der Waals surface area contributed by atoms with E-state index in [4.69, 9.17) is 4.74 Å². The summed E-state index contributed by atoms with van der Waals surface area (Å²) >= 11 is 0. The summed E-state index contributed by atoms with van der Waals surface area (Å²) in [5.41, 5.74) is 1.02. The van der Waals surface area contributed by atoms with Crippen molar-refractivity contribution in [3.8, 4) is 0 Å². The fraction of sp³-hybridized carbons (Fsp3) is 0.765. The number of nitrogens with one attached hydrogen (secondary N) is 1. The zero-order chi connectivity index (χ0) is 16.8. The van der Waals surface area contributed by atoms with E-state index in [9.17, 15) is 4.79 Å². The van der Waals surface area contributed by atoms with Crippen LogP contribution in [0.5, 0.6) is 0 Å². The summed E-state index contributed by atoms with van der Waals surface area (Å²) in [7, 11) is 0. The first kappa shape index (κ1) is 17.4. The first-order chi connectivity index (χ1) is 11.7. The Morgan fingerprint density at radius 2 is 2.12 bits per heavy atom. The number of H-pyrrole nitrogens is 1. The van der Waals surface area contributed by atoms with Crippen LogP contribution in [0, 0.1) is 0 Å². The Morgan fingerprint density at radius 3 is 2.83 bits per heavy atom. The predicted octanol–water partition coefficient (Wildman–Crippen LogP) is 0.207. The number of ether oxygens (including phenoxy) is 1. The van der Waals surface area contributed by atoms with E-state index in [1.165, 1.54) is 0 Å². The summed E-state index contributed by atoms with van der Waals surface area (Å²) in [6, 6.07) is 0. The third-order valence-corrected chi connectivity index (χ3v) is 5.02. The standard InChI is InChI=1S/C17H29N5O2/c1-2-20-9-10-24-16(12-20)13-21-5-7-22(8-6-21)17(23)4-3-15-11-18-14-19-15/h11,14,16H,2-10,12-13H2,1H3,(H,18,19). The molecule has 2 fully saturated rings. The van der Waals surface area contributed by atoms with E-state index in [1.807, 2.05) is 4.90 Å². The Morgan fingerprint density at radius 1 is 1.29 bits per heavy atom. The molecule has 2 aliphatic rings. The molecular formula is C17H29N5O2. The molecule has 134 valence electrons. The van der Waals surface area contributed by atoms with Crippen molar-refractivity contribution in [3.63, 3.8) is 0 Å². The predicted molar refractivity (Wildman–Crippen MR) is 91.8 cm³/mol. The maximum absolute atomic E-state index is 12.3. The number of piperazine rings is 1. The van der Waals surface area contributed by atoms with Crippen LogP contribution in [0.25, 0.3) is 0 Å². The number of hydrogen-bond donors (Lipinski definition) is 1. The van der Waals surface area contributed by atoms with Gasteiger partial charge in [-0.05, 0) is 13.0 Å². The van der Waals surface area contributed by atoms with Crippen LogP contribution in [0.1, 0.15) is 19.0 Å². The van der Waals surface area contributed by atoms with E-state index < -0.39 is 0 Å². The van der Waals surface area contributed by atoms with Crippen LogP contribution in [0.4, 0.5) is 0 Å². The zero-order valence-electron chi connectivity index (χ0n) is 14.6. The van der Waals surface area contributed by atoms with Crippen molar-refractivity contribution in [2.24, 2.45) is 0 Å². The molecule has 0 spiro atoms. The number of rotatable bonds is 6. The Balaban J connectivity index is 1.36. The molecule has 7 nitrogen and oxygen atoms in total. The van der Waals surface area contributed by atoms with Gasteiger partial charge in [0.05, 0.1) is 19.0 Å². The quantitative estimate of drug-likeness (QED) is 0.805. The van der Waals surface area contributed by atoms with Gasteiger partial charge in [-0.3, -0.25) is 14.6 Å². The molecule has 0 radical (unpaired) electrons. The van der Waals surface area contributed by atoms with Crippen LogP contribution in [0.2, 0.25) is 0 Å². The van der Waals surface area contributed by atoms with E-state index in [-0.39, 0.29) is 5.91 Å². The molecule has 1 unspecified atom stereocenters. The summed E-state index contributed by atoms with van der Waals surface area (Å²) in [4.78, 5) is 26.2. The van der Waals surface area contributed by atoms with E-state index in [0.717, 1.165) is 71.1 Å². The average molecular weight is 335 g/mol. The number of likely N-dealkylation sites (N-methyl/N-ethyl adjacent to an activating group) is 1. The van der Waals surface area contributed by atoms with Crippen molar-refractivity contribution < 1.29 is 9.53 Å². The number of imidazole rings is 1. The van der Waals surface area contributed by atoms with Crippen molar-refractivity contribution in [1.82, 2.24) is 24.7 Å². The number of hydrogen-bond acceptors (Lipinski definition) is 5. The van der Waals surface area contributed by atoms with Gasteiger partial charge in [-0.15, -0.1) is 0 Å². The molecule has 1 amide bonds. The van der Waals surface area contributed by atoms with Crippen LogP contribution in [0.3, 0.4) is 0 Å². The van der Waals surface area contributed by atoms with Gasteiger partial charge < -0.3 is 14.6 Å². The molecule has 1 aromatic heterocycles. The molecule has 1 atom stereocenters. The summed E-state index contributed by atoms with van der Waals surface area (Å²) in [6.45, 7) is 10.7. The molecule has 1 aromatic rings. The van der Waals surface area contributed by atoms with Gasteiger partial charge in [0.25, 0.3) is 0 Å². The third kappa shape index (κ3) is 4.78. The van der Waals surface area contributed by atoms with E-state index in [2.05, 4.69) is 26.7 Å². The van der Waals surface area contributed by atoms with Crippen LogP contribution in [-0.2, 0) is 16.0 Å². The number of carbonyl (C=O) groups is 1. The summed E-state index contributed by atoms with van der Waals surface area (Å²) in [6.07, 6.45) is 5.04. The highest BCUT2D eigenvalue weighted by molar-refractivity contribution is 5.76. The second kappa shape index (κ2) is 8.60. The highest BCUT2D eigenvalue weighted by Gasteiger charge is 2.25. The smallest absolute Gasteiger partial charge is 0.223 e. The van der Waals surface area contributed by atoms with E-state index >= 15 is 0 Å². The molecule has 0 aromatic carbocycles. The SMILES string of the molecule is CCN1CCOC(CN2CCN(C(=O)CCc3cnc[nH]3)CC2)C1. The summed E-state index contributed by atoms with van der Waals surface area (Å²) in [5, 5.41) is 0. The van der Waals surface area contributed by atoms with Gasteiger partial charge in [-0.25, -0.2) is 4.98 Å². The first-order valence-corrected chi connectivity index (χ1v) is 9.06. The molecule has 24 heavy (non-hydrogen) atoms. The first-order valence-electron chi connectivity index (χ1n) is 9.06. The summed E-state index contributed by atoms with van der Waals surface area (Å²) in [5.74, 6) is 0.246. The van der Waals surface area contributed by atoms with Gasteiger partial charge in [-0.1, -0.05) is 6.92 Å². The lowest BCUT2D eigenvalue weighted by molar-refractivity contribution is -0.133. The number of aryl methyl sites for hydroxylation is 1. The number of aromatic nitrogens is 2. The Labute approximate surface area is 144 Å². The van der Waals surface area contributed by atoms with Gasteiger partial charge in [0.2, 0.25) is 5.91 Å². The lowest BCUT2D eigenvalue weighted by Gasteiger charge is -2.39. The lowest BCUT2D eigenvalue weighted by atomic mass is 10.2. The van der Waals surface area contributed by atoms with Gasteiger partial charge >= 0.3 is 0 Å². The average Bonchev–Trinajstić information content (AvgIpc) is 3.14. The zero-order valence-corrected chi connectivity index (χ0v) is 14.6. The van der Waals surface area contributed by atoms with Crippen molar-refractivity contribution in [2.75, 3.05) is 59.0 Å². The number of morpholine rings is 1. The minimum Gasteiger partial charge on any atom is -0.374 e. The van der Waals surface area contributed by atoms with Gasteiger partial charge in [0, 0.05) is 64.1 Å². The number of amides is 1. The fourth-order valence-electron chi connectivity index (χ4n) is 3.47. The normalized spacial score (nSPS) is 23.5. The molecule has 0 saturated carbocycles. The Bertz CT molecular complexity index is 499. The number of carbonyl (C=O) groups excluding carboxylic acids is 1. The Hall–Kier alpha value is -1.44. The monoisotopic (exact) mass is 335 g/mol. The van der Waals surface area contributed by atoms with Crippen LogP contribution < -0.4 is 0 Å². The second-order valence-corrected chi connectivity index (χ2v) is 6.64. The molecule has 2 aliphatic heterocycles. The second-order valence-electron chi connectivity index (χ2n) is 6.64. The fourth-order valence-corrected chi connectivity index (χ4v) is 3.47. The third-order valence-electron chi connectivity index (χ3n) is 5.02. The summed E-state index contributed by atoms with van der Waals surface area (Å²) < 4.78 is 5.89. The maximum atomic E-state index is 12.3. The largest absolute Gasteiger partial charge is 0.374 e. The van der Waals surface area contributed by atoms with E-state index in [1.54, 1.807) is 12.5 Å². The minimum absolute atomic E-state index is 0.246. The highest BCUT2D eigenvalue weighted by Crippen LogP contribution is 2.10. The topological polar surface area (TPSA) is 64.7 Å². The Kier molecular flexibility index (Phi) is 6.23. The van der Waals surface area contributed by atoms with Crippen LogP contribution in [-0.4, -0.2) is 95.6 Å². The van der Waals surface area contributed by atoms with Crippen molar-refractivity contribution in [2.45, 2.75) is 25.9 Å². The van der Waals surface area contributed by atoms with Gasteiger partial charge in [-0.2, -0.15) is 0 Å². The highest BCUT2D eigenvalue weighted by atomic mass is 16.5. The number of aromatic amines is 1. The van der Waals surface area contributed by atoms with Gasteiger partial charge in [0.15, 0.2) is 0 Å². The van der Waals surface area contributed by atoms with Crippen molar-refractivity contribution >= 4 is 5.91 Å². The van der Waals surface area contributed by atoms with E-state index in [0.29, 0.717) is 12.5 Å².